The standard InChI is InChI=1S/C15H18N2O4/c1-10(18)16-7-6-14(19)17-9-12-5-3-2-4-11(12)8-13(17)15(20)21/h2-5,13H,6-9H2,1H3,(H,16,18)(H,20,21). The zero-order valence-corrected chi connectivity index (χ0v) is 11.8. The van der Waals surface area contributed by atoms with Gasteiger partial charge in [0.25, 0.3) is 0 Å². The van der Waals surface area contributed by atoms with E-state index in [1.807, 2.05) is 24.3 Å². The molecule has 2 rings (SSSR count). The molecule has 112 valence electrons. The van der Waals surface area contributed by atoms with Crippen molar-refractivity contribution < 1.29 is 19.5 Å². The minimum atomic E-state index is -1.00. The summed E-state index contributed by atoms with van der Waals surface area (Å²) in [5.41, 5.74) is 1.94. The third-order valence-electron chi connectivity index (χ3n) is 3.57. The van der Waals surface area contributed by atoms with E-state index in [0.29, 0.717) is 13.0 Å². The fourth-order valence-electron chi connectivity index (χ4n) is 2.49. The van der Waals surface area contributed by atoms with Gasteiger partial charge in [0.15, 0.2) is 0 Å². The number of carboxylic acids is 1. The number of amides is 2. The van der Waals surface area contributed by atoms with Crippen molar-refractivity contribution in [2.24, 2.45) is 0 Å². The van der Waals surface area contributed by atoms with Crippen LogP contribution in [0.5, 0.6) is 0 Å². The Bertz CT molecular complexity index is 571. The molecular weight excluding hydrogens is 272 g/mol. The Kier molecular flexibility index (Phi) is 4.57. The molecule has 0 fully saturated rings. The highest BCUT2D eigenvalue weighted by molar-refractivity contribution is 5.85. The predicted molar refractivity (Wildman–Crippen MR) is 75.4 cm³/mol. The van der Waals surface area contributed by atoms with E-state index in [9.17, 15) is 19.5 Å². The van der Waals surface area contributed by atoms with Crippen molar-refractivity contribution in [1.29, 1.82) is 0 Å². The first-order valence-electron chi connectivity index (χ1n) is 6.82. The average Bonchev–Trinajstić information content (AvgIpc) is 2.45. The van der Waals surface area contributed by atoms with Gasteiger partial charge >= 0.3 is 5.97 Å². The topological polar surface area (TPSA) is 86.7 Å². The van der Waals surface area contributed by atoms with E-state index in [0.717, 1.165) is 11.1 Å². The van der Waals surface area contributed by atoms with E-state index in [-0.39, 0.29) is 24.8 Å². The molecule has 6 heteroatoms. The van der Waals surface area contributed by atoms with E-state index in [4.69, 9.17) is 0 Å². The summed E-state index contributed by atoms with van der Waals surface area (Å²) >= 11 is 0. The van der Waals surface area contributed by atoms with Crippen molar-refractivity contribution in [3.63, 3.8) is 0 Å². The highest BCUT2D eigenvalue weighted by Gasteiger charge is 2.33. The predicted octanol–water partition coefficient (Wildman–Crippen LogP) is 0.551. The van der Waals surface area contributed by atoms with Crippen LogP contribution in [0.2, 0.25) is 0 Å². The number of aliphatic carboxylic acids is 1. The van der Waals surface area contributed by atoms with Crippen LogP contribution in [0.4, 0.5) is 0 Å². The van der Waals surface area contributed by atoms with Gasteiger partial charge < -0.3 is 15.3 Å². The first-order valence-corrected chi connectivity index (χ1v) is 6.82. The summed E-state index contributed by atoms with van der Waals surface area (Å²) in [6, 6.07) is 6.70. The molecule has 2 N–H and O–H groups in total. The summed E-state index contributed by atoms with van der Waals surface area (Å²) in [6.45, 7) is 1.90. The maximum absolute atomic E-state index is 12.2. The molecular formula is C15H18N2O4. The number of benzene rings is 1. The van der Waals surface area contributed by atoms with Crippen LogP contribution in [-0.2, 0) is 27.3 Å². The summed E-state index contributed by atoms with van der Waals surface area (Å²) in [5.74, 6) is -1.47. The maximum atomic E-state index is 12.2. The molecule has 0 radical (unpaired) electrons. The van der Waals surface area contributed by atoms with Gasteiger partial charge in [-0.3, -0.25) is 9.59 Å². The van der Waals surface area contributed by atoms with Crippen molar-refractivity contribution in [1.82, 2.24) is 10.2 Å². The fraction of sp³-hybridized carbons (Fsp3) is 0.400. The number of carbonyl (C=O) groups excluding carboxylic acids is 2. The third-order valence-corrected chi connectivity index (χ3v) is 3.57. The lowest BCUT2D eigenvalue weighted by Crippen LogP contribution is -2.49. The molecule has 0 aromatic heterocycles. The van der Waals surface area contributed by atoms with Gasteiger partial charge in [0.2, 0.25) is 11.8 Å². The van der Waals surface area contributed by atoms with Crippen LogP contribution in [0, 0.1) is 0 Å². The fourth-order valence-corrected chi connectivity index (χ4v) is 2.49. The average molecular weight is 290 g/mol. The van der Waals surface area contributed by atoms with Crippen LogP contribution in [0.1, 0.15) is 24.5 Å². The minimum Gasteiger partial charge on any atom is -0.480 e. The number of hydrogen-bond acceptors (Lipinski definition) is 3. The van der Waals surface area contributed by atoms with Crippen LogP contribution in [0.3, 0.4) is 0 Å². The summed E-state index contributed by atoms with van der Waals surface area (Å²) in [5, 5.41) is 11.9. The normalized spacial score (nSPS) is 17.0. The monoisotopic (exact) mass is 290 g/mol. The molecule has 1 atom stereocenters. The largest absolute Gasteiger partial charge is 0.480 e. The van der Waals surface area contributed by atoms with Gasteiger partial charge in [0, 0.05) is 32.9 Å². The lowest BCUT2D eigenvalue weighted by Gasteiger charge is -2.34. The van der Waals surface area contributed by atoms with Crippen LogP contribution < -0.4 is 5.32 Å². The molecule has 21 heavy (non-hydrogen) atoms. The summed E-state index contributed by atoms with van der Waals surface area (Å²) in [4.78, 5) is 35.8. The molecule has 1 aliphatic rings. The van der Waals surface area contributed by atoms with Crippen molar-refractivity contribution in [2.75, 3.05) is 6.54 Å². The molecule has 6 nitrogen and oxygen atoms in total. The Labute approximate surface area is 122 Å². The lowest BCUT2D eigenvalue weighted by atomic mass is 9.93. The highest BCUT2D eigenvalue weighted by Crippen LogP contribution is 2.24. The molecule has 1 unspecified atom stereocenters. The van der Waals surface area contributed by atoms with Crippen LogP contribution >= 0.6 is 0 Å². The van der Waals surface area contributed by atoms with Crippen LogP contribution in [-0.4, -0.2) is 40.4 Å². The Balaban J connectivity index is 2.11. The second-order valence-corrected chi connectivity index (χ2v) is 5.08. The number of fused-ring (bicyclic) bond motifs is 1. The molecule has 2 amide bonds. The highest BCUT2D eigenvalue weighted by atomic mass is 16.4. The quantitative estimate of drug-likeness (QED) is 0.848. The Morgan fingerprint density at radius 2 is 1.95 bits per heavy atom. The molecule has 0 saturated heterocycles. The third kappa shape index (κ3) is 3.59. The number of hydrogen-bond donors (Lipinski definition) is 2. The zero-order valence-electron chi connectivity index (χ0n) is 11.8. The lowest BCUT2D eigenvalue weighted by molar-refractivity contribution is -0.151. The van der Waals surface area contributed by atoms with Gasteiger partial charge in [-0.05, 0) is 11.1 Å². The molecule has 1 aromatic rings. The van der Waals surface area contributed by atoms with E-state index >= 15 is 0 Å². The second kappa shape index (κ2) is 6.39. The Morgan fingerprint density at radius 3 is 2.57 bits per heavy atom. The molecule has 0 spiro atoms. The van der Waals surface area contributed by atoms with Crippen molar-refractivity contribution in [2.45, 2.75) is 32.4 Å². The maximum Gasteiger partial charge on any atom is 0.326 e. The summed E-state index contributed by atoms with van der Waals surface area (Å²) in [7, 11) is 0. The number of carbonyl (C=O) groups is 3. The van der Waals surface area contributed by atoms with Crippen molar-refractivity contribution >= 4 is 17.8 Å². The number of nitrogens with one attached hydrogen (secondary N) is 1. The van der Waals surface area contributed by atoms with Gasteiger partial charge in [-0.25, -0.2) is 4.79 Å². The minimum absolute atomic E-state index is 0.103. The molecule has 0 saturated carbocycles. The van der Waals surface area contributed by atoms with Crippen molar-refractivity contribution in [3.05, 3.63) is 35.4 Å². The van der Waals surface area contributed by atoms with E-state index in [1.165, 1.54) is 11.8 Å². The molecule has 0 aliphatic carbocycles. The first-order chi connectivity index (χ1) is 9.99. The van der Waals surface area contributed by atoms with Crippen molar-refractivity contribution in [3.8, 4) is 0 Å². The Morgan fingerprint density at radius 1 is 1.29 bits per heavy atom. The molecule has 1 aromatic carbocycles. The SMILES string of the molecule is CC(=O)NCCC(=O)N1Cc2ccccc2CC1C(=O)O. The Hall–Kier alpha value is -2.37. The van der Waals surface area contributed by atoms with Gasteiger partial charge in [-0.1, -0.05) is 24.3 Å². The van der Waals surface area contributed by atoms with Gasteiger partial charge in [0.05, 0.1) is 0 Å². The number of rotatable bonds is 4. The number of nitrogens with zero attached hydrogens (tertiary/aromatic N) is 1. The van der Waals surface area contributed by atoms with Gasteiger partial charge in [-0.15, -0.1) is 0 Å². The van der Waals surface area contributed by atoms with Crippen LogP contribution in [0.25, 0.3) is 0 Å². The second-order valence-electron chi connectivity index (χ2n) is 5.08. The first kappa shape index (κ1) is 15.0. The van der Waals surface area contributed by atoms with E-state index in [2.05, 4.69) is 5.32 Å². The molecule has 0 bridgehead atoms. The van der Waals surface area contributed by atoms with E-state index < -0.39 is 12.0 Å². The van der Waals surface area contributed by atoms with Gasteiger partial charge in [-0.2, -0.15) is 0 Å². The zero-order chi connectivity index (χ0) is 15.4. The molecule has 1 aliphatic heterocycles. The summed E-state index contributed by atoms with van der Waals surface area (Å²) < 4.78 is 0. The molecule has 1 heterocycles. The smallest absolute Gasteiger partial charge is 0.326 e. The van der Waals surface area contributed by atoms with Gasteiger partial charge in [0.1, 0.15) is 6.04 Å². The summed E-state index contributed by atoms with van der Waals surface area (Å²) in [6.07, 6.45) is 0.420. The number of carboxylic acid groups (broad SMARTS) is 1. The van der Waals surface area contributed by atoms with E-state index in [1.54, 1.807) is 0 Å². The van der Waals surface area contributed by atoms with Crippen LogP contribution in [0.15, 0.2) is 24.3 Å².